The lowest BCUT2D eigenvalue weighted by molar-refractivity contribution is -0.139. The van der Waals surface area contributed by atoms with Crippen LogP contribution >= 0.6 is 11.3 Å². The van der Waals surface area contributed by atoms with E-state index >= 15 is 0 Å². The Hall–Kier alpha value is -3.76. The molecule has 0 saturated carbocycles. The third kappa shape index (κ3) is 7.13. The number of hydrogen-bond acceptors (Lipinski definition) is 7. The minimum Gasteiger partial charge on any atom is -0.489 e. The number of primary amides is 1. The quantitative estimate of drug-likeness (QED) is 0.335. The normalized spacial score (nSPS) is 12.5. The highest BCUT2D eigenvalue weighted by Gasteiger charge is 2.23. The molecule has 2 atom stereocenters. The van der Waals surface area contributed by atoms with E-state index in [0.717, 1.165) is 16.9 Å². The van der Waals surface area contributed by atoms with Gasteiger partial charge in [0.2, 0.25) is 5.91 Å². The minimum absolute atomic E-state index is 0.0479. The zero-order valence-corrected chi connectivity index (χ0v) is 18.5. The van der Waals surface area contributed by atoms with E-state index in [1.54, 1.807) is 0 Å². The average Bonchev–Trinajstić information content (AvgIpc) is 3.29. The Kier molecular flexibility index (Phi) is 8.11. The van der Waals surface area contributed by atoms with E-state index in [4.69, 9.17) is 21.3 Å². The van der Waals surface area contributed by atoms with Crippen molar-refractivity contribution in [3.63, 3.8) is 0 Å². The molecule has 9 nitrogen and oxygen atoms in total. The summed E-state index contributed by atoms with van der Waals surface area (Å²) in [5.41, 5.74) is 13.5. The average molecular weight is 469 g/mol. The van der Waals surface area contributed by atoms with Crippen molar-refractivity contribution in [3.8, 4) is 5.75 Å². The second-order valence-corrected chi connectivity index (χ2v) is 8.22. The number of carboxylic acids is 1. The Balaban J connectivity index is 1.55. The van der Waals surface area contributed by atoms with Crippen LogP contribution in [0.1, 0.15) is 39.1 Å². The maximum absolute atomic E-state index is 12.3. The summed E-state index contributed by atoms with van der Waals surface area (Å²) in [5, 5.41) is 13.2. The summed E-state index contributed by atoms with van der Waals surface area (Å²) in [4.78, 5) is 38.7. The Morgan fingerprint density at radius 2 is 1.76 bits per heavy atom. The monoisotopic (exact) mass is 468 g/mol. The second-order valence-electron chi connectivity index (χ2n) is 7.33. The fourth-order valence-electron chi connectivity index (χ4n) is 3.00. The predicted octanol–water partition coefficient (Wildman–Crippen LogP) is 2.02. The number of ether oxygens (including phenoxy) is 1. The van der Waals surface area contributed by atoms with Crippen molar-refractivity contribution in [2.45, 2.75) is 31.5 Å². The molecule has 2 unspecified atom stereocenters. The molecule has 0 aliphatic rings. The number of carbonyl (C=O) groups is 3. The number of carboxylic acid groups (broad SMARTS) is 1. The molecule has 0 fully saturated rings. The third-order valence-corrected chi connectivity index (χ3v) is 5.70. The van der Waals surface area contributed by atoms with Crippen molar-refractivity contribution >= 4 is 29.1 Å². The number of carbonyl (C=O) groups excluding carboxylic acids is 2. The van der Waals surface area contributed by atoms with E-state index in [0.29, 0.717) is 18.0 Å². The molecule has 0 aliphatic heterocycles. The number of benzene rings is 2. The first-order valence-corrected chi connectivity index (χ1v) is 11.0. The van der Waals surface area contributed by atoms with Gasteiger partial charge in [0.15, 0.2) is 0 Å². The molecule has 1 aromatic heterocycles. The highest BCUT2D eigenvalue weighted by Crippen LogP contribution is 2.22. The van der Waals surface area contributed by atoms with Gasteiger partial charge in [-0.1, -0.05) is 42.5 Å². The van der Waals surface area contributed by atoms with Crippen LogP contribution in [0.3, 0.4) is 0 Å². The van der Waals surface area contributed by atoms with Gasteiger partial charge in [0.1, 0.15) is 29.1 Å². The first-order valence-electron chi connectivity index (χ1n) is 10.1. The largest absolute Gasteiger partial charge is 0.489 e. The summed E-state index contributed by atoms with van der Waals surface area (Å²) in [6.07, 6.45) is -0.112. The van der Waals surface area contributed by atoms with E-state index in [9.17, 15) is 14.4 Å². The van der Waals surface area contributed by atoms with Crippen molar-refractivity contribution in [2.24, 2.45) is 11.5 Å². The fourth-order valence-corrected chi connectivity index (χ4v) is 3.80. The topological polar surface area (TPSA) is 158 Å². The molecule has 10 heteroatoms. The molecule has 0 bridgehead atoms. The van der Waals surface area contributed by atoms with E-state index < -0.39 is 36.3 Å². The zero-order valence-electron chi connectivity index (χ0n) is 17.6. The van der Waals surface area contributed by atoms with Crippen LogP contribution in [0.25, 0.3) is 0 Å². The molecule has 0 radical (unpaired) electrons. The Labute approximate surface area is 194 Å². The molecule has 1 heterocycles. The number of amides is 2. The minimum atomic E-state index is -1.32. The van der Waals surface area contributed by atoms with Crippen LogP contribution < -0.4 is 21.5 Å². The van der Waals surface area contributed by atoms with E-state index in [1.165, 1.54) is 16.7 Å². The predicted molar refractivity (Wildman–Crippen MR) is 123 cm³/mol. The number of aliphatic carboxylic acids is 1. The van der Waals surface area contributed by atoms with Gasteiger partial charge >= 0.3 is 5.97 Å². The van der Waals surface area contributed by atoms with E-state index in [-0.39, 0.29) is 5.69 Å². The van der Waals surface area contributed by atoms with Gasteiger partial charge < -0.3 is 26.6 Å². The number of aromatic nitrogens is 1. The van der Waals surface area contributed by atoms with Gasteiger partial charge in [-0.2, -0.15) is 0 Å². The first kappa shape index (κ1) is 23.9. The SMILES string of the molecule is NC(=O)C(CC(=O)O)NC(=O)c1csc(C(N)Cc2ccc(OCc3ccccc3)cc2)n1. The van der Waals surface area contributed by atoms with Crippen LogP contribution in [-0.4, -0.2) is 33.9 Å². The highest BCUT2D eigenvalue weighted by atomic mass is 32.1. The Morgan fingerprint density at radius 3 is 2.39 bits per heavy atom. The van der Waals surface area contributed by atoms with Gasteiger partial charge in [-0.25, -0.2) is 4.98 Å². The summed E-state index contributed by atoms with van der Waals surface area (Å²) in [6, 6.07) is 15.7. The number of thiazole rings is 1. The lowest BCUT2D eigenvalue weighted by atomic mass is 10.1. The van der Waals surface area contributed by atoms with Crippen molar-refractivity contribution in [3.05, 3.63) is 81.8 Å². The maximum atomic E-state index is 12.3. The van der Waals surface area contributed by atoms with E-state index in [1.807, 2.05) is 54.6 Å². The van der Waals surface area contributed by atoms with Crippen molar-refractivity contribution in [1.29, 1.82) is 0 Å². The first-order chi connectivity index (χ1) is 15.8. The lowest BCUT2D eigenvalue weighted by Gasteiger charge is -2.12. The van der Waals surface area contributed by atoms with Crippen LogP contribution in [0.4, 0.5) is 0 Å². The maximum Gasteiger partial charge on any atom is 0.305 e. The molecule has 2 amide bonds. The molecular formula is C23H24N4O5S. The number of rotatable bonds is 11. The molecule has 6 N–H and O–H groups in total. The highest BCUT2D eigenvalue weighted by molar-refractivity contribution is 7.09. The molecule has 0 aliphatic carbocycles. The van der Waals surface area contributed by atoms with Gasteiger partial charge in [0.05, 0.1) is 12.5 Å². The molecule has 3 rings (SSSR count). The van der Waals surface area contributed by atoms with E-state index in [2.05, 4.69) is 10.3 Å². The molecule has 0 spiro atoms. The fraction of sp³-hybridized carbons (Fsp3) is 0.217. The smallest absolute Gasteiger partial charge is 0.305 e. The number of nitrogens with one attached hydrogen (secondary N) is 1. The molecule has 0 saturated heterocycles. The molecule has 33 heavy (non-hydrogen) atoms. The zero-order chi connectivity index (χ0) is 23.8. The van der Waals surface area contributed by atoms with Crippen LogP contribution in [-0.2, 0) is 22.6 Å². The Morgan fingerprint density at radius 1 is 1.06 bits per heavy atom. The molecule has 2 aromatic carbocycles. The van der Waals surface area contributed by atoms with Crippen LogP contribution in [0.2, 0.25) is 0 Å². The van der Waals surface area contributed by atoms with Crippen molar-refractivity contribution in [2.75, 3.05) is 0 Å². The van der Waals surface area contributed by atoms with Gasteiger partial charge in [-0.05, 0) is 29.7 Å². The third-order valence-electron chi connectivity index (χ3n) is 4.73. The van der Waals surface area contributed by atoms with Crippen molar-refractivity contribution in [1.82, 2.24) is 10.3 Å². The lowest BCUT2D eigenvalue weighted by Crippen LogP contribution is -2.45. The van der Waals surface area contributed by atoms with Gasteiger partial charge in [-0.15, -0.1) is 11.3 Å². The van der Waals surface area contributed by atoms with Gasteiger partial charge in [-0.3, -0.25) is 14.4 Å². The molecule has 3 aromatic rings. The van der Waals surface area contributed by atoms with Crippen LogP contribution in [0.15, 0.2) is 60.0 Å². The summed E-state index contributed by atoms with van der Waals surface area (Å²) in [6.45, 7) is 0.479. The number of nitrogens with zero attached hydrogens (tertiary/aromatic N) is 1. The standard InChI is InChI=1S/C23H24N4O5S/c24-17(10-14-6-8-16(9-7-14)32-12-15-4-2-1-3-5-15)23-27-19(13-33-23)22(31)26-18(21(25)30)11-20(28)29/h1-9,13,17-18H,10-12,24H2,(H2,25,30)(H,26,31)(H,28,29). The summed E-state index contributed by atoms with van der Waals surface area (Å²) >= 11 is 1.21. The molecule has 172 valence electrons. The number of nitrogens with two attached hydrogens (primary N) is 2. The van der Waals surface area contributed by atoms with Gasteiger partial charge in [0.25, 0.3) is 5.91 Å². The van der Waals surface area contributed by atoms with Crippen molar-refractivity contribution < 1.29 is 24.2 Å². The number of hydrogen-bond donors (Lipinski definition) is 4. The Bertz CT molecular complexity index is 1100. The molecular weight excluding hydrogens is 444 g/mol. The van der Waals surface area contributed by atoms with Crippen LogP contribution in [0.5, 0.6) is 5.75 Å². The van der Waals surface area contributed by atoms with Crippen LogP contribution in [0, 0.1) is 0 Å². The second kappa shape index (κ2) is 11.2. The summed E-state index contributed by atoms with van der Waals surface area (Å²) in [7, 11) is 0. The summed E-state index contributed by atoms with van der Waals surface area (Å²) in [5.74, 6) is -2.13. The van der Waals surface area contributed by atoms with Gasteiger partial charge in [0, 0.05) is 5.38 Å². The summed E-state index contributed by atoms with van der Waals surface area (Å²) < 4.78 is 5.78.